The highest BCUT2D eigenvalue weighted by molar-refractivity contribution is 5.95. The molecule has 2 amide bonds. The minimum Gasteiger partial charge on any atom is -0.339 e. The Morgan fingerprint density at radius 1 is 1.07 bits per heavy atom. The van der Waals surface area contributed by atoms with E-state index < -0.39 is 11.9 Å². The van der Waals surface area contributed by atoms with Gasteiger partial charge >= 0.3 is 6.18 Å². The third-order valence-electron chi connectivity index (χ3n) is 5.77. The first-order valence-corrected chi connectivity index (χ1v) is 9.87. The number of alkyl halides is 3. The number of hydrogen-bond donors (Lipinski definition) is 0. The van der Waals surface area contributed by atoms with Gasteiger partial charge in [0.15, 0.2) is 0 Å². The maximum absolute atomic E-state index is 12.7. The van der Waals surface area contributed by atoms with Gasteiger partial charge in [-0.25, -0.2) is 4.98 Å². The highest BCUT2D eigenvalue weighted by atomic mass is 19.4. The summed E-state index contributed by atoms with van der Waals surface area (Å²) in [5, 5.41) is 0. The van der Waals surface area contributed by atoms with Crippen LogP contribution in [0.5, 0.6) is 0 Å². The van der Waals surface area contributed by atoms with Gasteiger partial charge in [-0.15, -0.1) is 0 Å². The Hall–Kier alpha value is -2.12. The number of hydrogen-bond acceptors (Lipinski definition) is 3. The van der Waals surface area contributed by atoms with Crippen molar-refractivity contribution in [2.24, 2.45) is 5.92 Å². The molecule has 28 heavy (non-hydrogen) atoms. The van der Waals surface area contributed by atoms with Crippen molar-refractivity contribution in [1.82, 2.24) is 14.8 Å². The summed E-state index contributed by atoms with van der Waals surface area (Å²) >= 11 is 0. The molecular formula is C20H26F3N3O2. The van der Waals surface area contributed by atoms with E-state index in [0.29, 0.717) is 38.5 Å². The van der Waals surface area contributed by atoms with Crippen LogP contribution in [0.2, 0.25) is 0 Å². The number of nitrogens with zero attached hydrogens (tertiary/aromatic N) is 3. The molecule has 8 heteroatoms. The predicted molar refractivity (Wildman–Crippen MR) is 97.7 cm³/mol. The van der Waals surface area contributed by atoms with Crippen molar-refractivity contribution in [2.75, 3.05) is 26.2 Å². The van der Waals surface area contributed by atoms with E-state index >= 15 is 0 Å². The minimum atomic E-state index is -4.53. The van der Waals surface area contributed by atoms with Crippen molar-refractivity contribution in [3.8, 4) is 0 Å². The summed E-state index contributed by atoms with van der Waals surface area (Å²) in [6.45, 7) is 3.10. The van der Waals surface area contributed by atoms with Gasteiger partial charge in [-0.2, -0.15) is 13.2 Å². The molecule has 0 aromatic carbocycles. The average molecular weight is 397 g/mol. The van der Waals surface area contributed by atoms with E-state index in [0.717, 1.165) is 12.5 Å². The third kappa shape index (κ3) is 4.83. The third-order valence-corrected chi connectivity index (χ3v) is 5.77. The molecule has 1 aromatic heterocycles. The summed E-state index contributed by atoms with van der Waals surface area (Å²) in [4.78, 5) is 31.9. The number of amides is 2. The van der Waals surface area contributed by atoms with E-state index in [1.54, 1.807) is 9.80 Å². The van der Waals surface area contributed by atoms with Gasteiger partial charge in [0.1, 0.15) is 5.69 Å². The van der Waals surface area contributed by atoms with Crippen molar-refractivity contribution >= 4 is 11.8 Å². The van der Waals surface area contributed by atoms with Crippen LogP contribution in [0.15, 0.2) is 12.1 Å². The van der Waals surface area contributed by atoms with Crippen LogP contribution in [-0.4, -0.2) is 52.8 Å². The number of halogens is 3. The molecule has 2 aliphatic rings. The van der Waals surface area contributed by atoms with Gasteiger partial charge in [0.05, 0.1) is 11.3 Å². The summed E-state index contributed by atoms with van der Waals surface area (Å²) in [6, 6.07) is 2.02. The molecule has 1 saturated carbocycles. The summed E-state index contributed by atoms with van der Waals surface area (Å²) < 4.78 is 38.2. The van der Waals surface area contributed by atoms with Crippen LogP contribution in [-0.2, 0) is 11.0 Å². The topological polar surface area (TPSA) is 53.5 Å². The van der Waals surface area contributed by atoms with E-state index in [1.165, 1.54) is 38.7 Å². The lowest BCUT2D eigenvalue weighted by Gasteiger charge is -2.35. The zero-order valence-electron chi connectivity index (χ0n) is 16.1. The Labute approximate surface area is 162 Å². The SMILES string of the molecule is Cc1nc(C(F)(F)F)ccc1C(=O)N1CCN(C(=O)CCC2CCCC2)CC1. The molecule has 2 heterocycles. The molecule has 1 aromatic rings. The van der Waals surface area contributed by atoms with Crippen molar-refractivity contribution in [3.05, 3.63) is 29.1 Å². The maximum Gasteiger partial charge on any atom is 0.433 e. The van der Waals surface area contributed by atoms with Gasteiger partial charge in [-0.1, -0.05) is 25.7 Å². The van der Waals surface area contributed by atoms with Gasteiger partial charge in [-0.05, 0) is 31.4 Å². The Balaban J connectivity index is 1.52. The zero-order chi connectivity index (χ0) is 20.3. The Bertz CT molecular complexity index is 722. The van der Waals surface area contributed by atoms with E-state index in [1.807, 2.05) is 0 Å². The van der Waals surface area contributed by atoms with Gasteiger partial charge in [0.2, 0.25) is 5.91 Å². The quantitative estimate of drug-likeness (QED) is 0.779. The average Bonchev–Trinajstić information content (AvgIpc) is 3.18. The molecule has 0 spiro atoms. The van der Waals surface area contributed by atoms with Gasteiger partial charge < -0.3 is 9.80 Å². The molecular weight excluding hydrogens is 371 g/mol. The molecule has 0 unspecified atom stereocenters. The zero-order valence-corrected chi connectivity index (χ0v) is 16.1. The standard InChI is InChI=1S/C20H26F3N3O2/c1-14-16(7-8-17(24-14)20(21,22)23)19(28)26-12-10-25(11-13-26)18(27)9-6-15-4-2-3-5-15/h7-8,15H,2-6,9-13H2,1H3. The fraction of sp³-hybridized carbons (Fsp3) is 0.650. The summed E-state index contributed by atoms with van der Waals surface area (Å²) in [7, 11) is 0. The first kappa shape index (κ1) is 20.6. The van der Waals surface area contributed by atoms with Crippen LogP contribution in [0.1, 0.15) is 60.3 Å². The second kappa shape index (κ2) is 8.49. The number of aryl methyl sites for hydroxylation is 1. The molecule has 3 rings (SSSR count). The molecule has 1 aliphatic carbocycles. The molecule has 1 saturated heterocycles. The van der Waals surface area contributed by atoms with E-state index in [4.69, 9.17) is 0 Å². The largest absolute Gasteiger partial charge is 0.433 e. The van der Waals surface area contributed by atoms with E-state index in [2.05, 4.69) is 4.98 Å². The van der Waals surface area contributed by atoms with E-state index in [9.17, 15) is 22.8 Å². The number of aromatic nitrogens is 1. The number of carbonyl (C=O) groups is 2. The van der Waals surface area contributed by atoms with E-state index in [-0.39, 0.29) is 23.1 Å². The molecule has 0 bridgehead atoms. The summed E-state index contributed by atoms with van der Waals surface area (Å²) in [5.41, 5.74) is -0.761. The lowest BCUT2D eigenvalue weighted by molar-refractivity contribution is -0.141. The van der Waals surface area contributed by atoms with Crippen LogP contribution in [0.25, 0.3) is 0 Å². The molecule has 5 nitrogen and oxygen atoms in total. The Morgan fingerprint density at radius 2 is 1.68 bits per heavy atom. The first-order valence-electron chi connectivity index (χ1n) is 9.87. The Morgan fingerprint density at radius 3 is 2.25 bits per heavy atom. The number of rotatable bonds is 4. The second-order valence-electron chi connectivity index (χ2n) is 7.69. The molecule has 0 radical (unpaired) electrons. The second-order valence-corrected chi connectivity index (χ2v) is 7.69. The molecule has 1 aliphatic heterocycles. The Kier molecular flexibility index (Phi) is 6.25. The van der Waals surface area contributed by atoms with Crippen LogP contribution in [0.3, 0.4) is 0 Å². The summed E-state index contributed by atoms with van der Waals surface area (Å²) in [5.74, 6) is 0.463. The van der Waals surface area contributed by atoms with Crippen LogP contribution in [0.4, 0.5) is 13.2 Å². The van der Waals surface area contributed by atoms with Gasteiger partial charge in [0, 0.05) is 32.6 Å². The highest BCUT2D eigenvalue weighted by Crippen LogP contribution is 2.29. The van der Waals surface area contributed by atoms with Crippen molar-refractivity contribution in [1.29, 1.82) is 0 Å². The van der Waals surface area contributed by atoms with Crippen LogP contribution >= 0.6 is 0 Å². The number of carbonyl (C=O) groups excluding carboxylic acids is 2. The smallest absolute Gasteiger partial charge is 0.339 e. The molecule has 0 atom stereocenters. The fourth-order valence-corrected chi connectivity index (χ4v) is 4.06. The lowest BCUT2D eigenvalue weighted by atomic mass is 10.0. The lowest BCUT2D eigenvalue weighted by Crippen LogP contribution is -2.50. The normalized spacial score (nSPS) is 18.6. The molecule has 0 N–H and O–H groups in total. The van der Waals surface area contributed by atoms with Crippen LogP contribution in [0, 0.1) is 12.8 Å². The monoisotopic (exact) mass is 397 g/mol. The van der Waals surface area contributed by atoms with Crippen molar-refractivity contribution in [3.63, 3.8) is 0 Å². The van der Waals surface area contributed by atoms with Gasteiger partial charge in [0.25, 0.3) is 5.91 Å². The van der Waals surface area contributed by atoms with Crippen LogP contribution < -0.4 is 0 Å². The minimum absolute atomic E-state index is 0.0647. The van der Waals surface area contributed by atoms with Gasteiger partial charge in [-0.3, -0.25) is 9.59 Å². The maximum atomic E-state index is 12.7. The summed E-state index contributed by atoms with van der Waals surface area (Å²) in [6.07, 6.45) is 1.92. The first-order chi connectivity index (χ1) is 13.3. The molecule has 2 fully saturated rings. The predicted octanol–water partition coefficient (Wildman–Crippen LogP) is 3.66. The highest BCUT2D eigenvalue weighted by Gasteiger charge is 2.33. The fourth-order valence-electron chi connectivity index (χ4n) is 4.06. The number of pyridine rings is 1. The molecule has 154 valence electrons. The van der Waals surface area contributed by atoms with Crippen molar-refractivity contribution in [2.45, 2.75) is 51.6 Å². The number of piperazine rings is 1. The van der Waals surface area contributed by atoms with Crippen molar-refractivity contribution < 1.29 is 22.8 Å².